The minimum absolute atomic E-state index is 0.0504. The second-order valence-electron chi connectivity index (χ2n) is 7.04. The van der Waals surface area contributed by atoms with E-state index in [4.69, 9.17) is 0 Å². The summed E-state index contributed by atoms with van der Waals surface area (Å²) in [6, 6.07) is 15.7. The van der Waals surface area contributed by atoms with Crippen molar-refractivity contribution in [3.05, 3.63) is 96.7 Å². The second-order valence-corrected chi connectivity index (χ2v) is 7.04. The van der Waals surface area contributed by atoms with Gasteiger partial charge in [0.1, 0.15) is 0 Å². The first-order valence-corrected chi connectivity index (χ1v) is 9.71. The van der Waals surface area contributed by atoms with Gasteiger partial charge in [0.25, 0.3) is 11.2 Å². The number of hydrazone groups is 1. The van der Waals surface area contributed by atoms with E-state index < -0.39 is 16.2 Å². The number of hydrogen-bond donors (Lipinski definition) is 2. The van der Waals surface area contributed by atoms with Gasteiger partial charge in [-0.1, -0.05) is 42.5 Å². The zero-order valence-electron chi connectivity index (χ0n) is 17.1. The molecular weight excluding hydrogens is 414 g/mol. The predicted octanol–water partition coefficient (Wildman–Crippen LogP) is 2.02. The van der Waals surface area contributed by atoms with Gasteiger partial charge in [0, 0.05) is 31.3 Å². The number of imidazole rings is 1. The molecule has 162 valence electrons. The molecule has 4 aromatic rings. The minimum atomic E-state index is -0.568. The molecule has 2 N–H and O–H groups in total. The van der Waals surface area contributed by atoms with Crippen LogP contribution in [-0.2, 0) is 20.0 Å². The largest absolute Gasteiger partial charge is 0.329 e. The fourth-order valence-corrected chi connectivity index (χ4v) is 3.31. The third-order valence-corrected chi connectivity index (χ3v) is 4.93. The average Bonchev–Trinajstić information content (AvgIpc) is 3.16. The van der Waals surface area contributed by atoms with Gasteiger partial charge in [-0.25, -0.2) is 10.2 Å². The van der Waals surface area contributed by atoms with E-state index in [0.29, 0.717) is 18.5 Å². The van der Waals surface area contributed by atoms with Gasteiger partial charge in [-0.3, -0.25) is 24.5 Å². The smallest absolute Gasteiger partial charge is 0.303 e. The fourth-order valence-electron chi connectivity index (χ4n) is 3.31. The lowest BCUT2D eigenvalue weighted by molar-refractivity contribution is -0.384. The molecule has 2 aromatic carbocycles. The molecule has 0 bridgehead atoms. The van der Waals surface area contributed by atoms with E-state index in [1.54, 1.807) is 16.7 Å². The van der Waals surface area contributed by atoms with Crippen LogP contribution in [0.3, 0.4) is 0 Å². The Bertz CT molecular complexity index is 1430. The van der Waals surface area contributed by atoms with Crippen molar-refractivity contribution < 1.29 is 4.92 Å². The SMILES string of the molecule is Cn1c(=O)[nH]c(=O)c2c1nc(NN=Cc1cccc([N+](=O)[O-])c1)n2CCc1ccccc1. The summed E-state index contributed by atoms with van der Waals surface area (Å²) in [6.45, 7) is 0.413. The van der Waals surface area contributed by atoms with Gasteiger partial charge in [0.2, 0.25) is 5.95 Å². The molecule has 0 radical (unpaired) electrons. The molecule has 0 aliphatic carbocycles. The van der Waals surface area contributed by atoms with Crippen LogP contribution >= 0.6 is 0 Å². The molecule has 2 heterocycles. The van der Waals surface area contributed by atoms with Gasteiger partial charge in [-0.15, -0.1) is 0 Å². The number of hydrogen-bond acceptors (Lipinski definition) is 7. The summed E-state index contributed by atoms with van der Waals surface area (Å²) in [5.74, 6) is 0.268. The number of benzene rings is 2. The van der Waals surface area contributed by atoms with E-state index in [9.17, 15) is 19.7 Å². The maximum absolute atomic E-state index is 12.5. The highest BCUT2D eigenvalue weighted by molar-refractivity contribution is 5.81. The van der Waals surface area contributed by atoms with E-state index >= 15 is 0 Å². The van der Waals surface area contributed by atoms with E-state index in [1.165, 1.54) is 30.0 Å². The number of rotatable bonds is 7. The molecule has 11 heteroatoms. The number of aromatic nitrogens is 4. The Hall–Kier alpha value is -4.54. The Balaban J connectivity index is 1.69. The van der Waals surface area contributed by atoms with Gasteiger partial charge in [0.15, 0.2) is 11.2 Å². The van der Waals surface area contributed by atoms with Gasteiger partial charge < -0.3 is 4.57 Å². The Morgan fingerprint density at radius 1 is 1.19 bits per heavy atom. The van der Waals surface area contributed by atoms with Gasteiger partial charge in [-0.05, 0) is 12.0 Å². The zero-order chi connectivity index (χ0) is 22.7. The van der Waals surface area contributed by atoms with E-state index in [1.807, 2.05) is 30.3 Å². The number of non-ortho nitro benzene ring substituents is 1. The number of H-pyrrole nitrogens is 1. The number of nitro benzene ring substituents is 1. The van der Waals surface area contributed by atoms with Crippen LogP contribution in [0.15, 0.2) is 69.3 Å². The molecule has 0 spiro atoms. The van der Waals surface area contributed by atoms with E-state index in [2.05, 4.69) is 20.5 Å². The first-order valence-electron chi connectivity index (χ1n) is 9.71. The summed E-state index contributed by atoms with van der Waals surface area (Å²) in [5, 5.41) is 15.1. The first-order chi connectivity index (χ1) is 15.4. The number of aromatic amines is 1. The number of fused-ring (bicyclic) bond motifs is 1. The number of nitrogens with zero attached hydrogens (tertiary/aromatic N) is 5. The summed E-state index contributed by atoms with van der Waals surface area (Å²) >= 11 is 0. The maximum atomic E-state index is 12.5. The van der Waals surface area contributed by atoms with Crippen LogP contribution in [0, 0.1) is 10.1 Å². The van der Waals surface area contributed by atoms with Crippen molar-refractivity contribution in [2.24, 2.45) is 12.1 Å². The third kappa shape index (κ3) is 4.17. The predicted molar refractivity (Wildman–Crippen MR) is 120 cm³/mol. The molecule has 0 aliphatic heterocycles. The Morgan fingerprint density at radius 3 is 2.72 bits per heavy atom. The summed E-state index contributed by atoms with van der Waals surface area (Å²) in [4.78, 5) is 41.7. The lowest BCUT2D eigenvalue weighted by Crippen LogP contribution is -2.29. The first kappa shape index (κ1) is 20.7. The monoisotopic (exact) mass is 433 g/mol. The summed E-state index contributed by atoms with van der Waals surface area (Å²) in [6.07, 6.45) is 2.04. The Morgan fingerprint density at radius 2 is 1.97 bits per heavy atom. The molecule has 2 aromatic heterocycles. The number of nitrogens with one attached hydrogen (secondary N) is 2. The van der Waals surface area contributed by atoms with Crippen LogP contribution in [0.5, 0.6) is 0 Å². The average molecular weight is 433 g/mol. The van der Waals surface area contributed by atoms with Crippen LogP contribution in [0.25, 0.3) is 11.2 Å². The van der Waals surface area contributed by atoms with Crippen molar-refractivity contribution in [2.45, 2.75) is 13.0 Å². The highest BCUT2D eigenvalue weighted by atomic mass is 16.6. The fraction of sp³-hybridized carbons (Fsp3) is 0.143. The van der Waals surface area contributed by atoms with Crippen LogP contribution in [0.4, 0.5) is 11.6 Å². The number of anilines is 1. The van der Waals surface area contributed by atoms with E-state index in [-0.39, 0.29) is 22.8 Å². The molecule has 0 aliphatic rings. The highest BCUT2D eigenvalue weighted by Gasteiger charge is 2.17. The maximum Gasteiger partial charge on any atom is 0.329 e. The van der Waals surface area contributed by atoms with Crippen molar-refractivity contribution in [1.29, 1.82) is 0 Å². The van der Waals surface area contributed by atoms with Crippen LogP contribution < -0.4 is 16.7 Å². The molecule has 4 rings (SSSR count). The molecule has 32 heavy (non-hydrogen) atoms. The molecule has 0 saturated carbocycles. The summed E-state index contributed by atoms with van der Waals surface area (Å²) < 4.78 is 2.91. The molecular formula is C21H19N7O4. The topological polar surface area (TPSA) is 140 Å². The lowest BCUT2D eigenvalue weighted by Gasteiger charge is -2.08. The summed E-state index contributed by atoms with van der Waals surface area (Å²) in [7, 11) is 1.52. The van der Waals surface area contributed by atoms with Crippen molar-refractivity contribution in [3.63, 3.8) is 0 Å². The van der Waals surface area contributed by atoms with Crippen molar-refractivity contribution in [2.75, 3.05) is 5.43 Å². The highest BCUT2D eigenvalue weighted by Crippen LogP contribution is 2.17. The molecule has 0 saturated heterocycles. The molecule has 0 atom stereocenters. The van der Waals surface area contributed by atoms with E-state index in [0.717, 1.165) is 5.56 Å². The third-order valence-electron chi connectivity index (χ3n) is 4.93. The standard InChI is InChI=1S/C21H19N7O4/c1-26-18-17(19(29)24-21(26)30)27(11-10-14-6-3-2-4-7-14)20(23-18)25-22-13-15-8-5-9-16(12-15)28(31)32/h2-9,12-13H,10-11H2,1H3,(H,23,25)(H,24,29,30). The Labute approximate surface area is 180 Å². The van der Waals surface area contributed by atoms with Gasteiger partial charge >= 0.3 is 5.69 Å². The van der Waals surface area contributed by atoms with Crippen LogP contribution in [0.2, 0.25) is 0 Å². The van der Waals surface area contributed by atoms with Gasteiger partial charge in [-0.2, -0.15) is 10.1 Å². The lowest BCUT2D eigenvalue weighted by atomic mass is 10.1. The summed E-state index contributed by atoms with van der Waals surface area (Å²) in [5.41, 5.74) is 3.69. The number of nitro groups is 1. The second kappa shape index (κ2) is 8.68. The molecule has 11 nitrogen and oxygen atoms in total. The number of aryl methyl sites for hydroxylation is 3. The van der Waals surface area contributed by atoms with Gasteiger partial charge in [0.05, 0.1) is 11.1 Å². The minimum Gasteiger partial charge on any atom is -0.303 e. The molecule has 0 unspecified atom stereocenters. The zero-order valence-corrected chi connectivity index (χ0v) is 17.1. The normalized spacial score (nSPS) is 11.3. The van der Waals surface area contributed by atoms with Crippen LogP contribution in [0.1, 0.15) is 11.1 Å². The van der Waals surface area contributed by atoms with Crippen molar-refractivity contribution in [3.8, 4) is 0 Å². The van der Waals surface area contributed by atoms with Crippen molar-refractivity contribution in [1.82, 2.24) is 19.1 Å². The Kier molecular flexibility index (Phi) is 5.62. The molecule has 0 amide bonds. The molecule has 0 fully saturated rings. The van der Waals surface area contributed by atoms with Crippen LogP contribution in [-0.4, -0.2) is 30.2 Å². The van der Waals surface area contributed by atoms with Crippen molar-refractivity contribution >= 4 is 29.0 Å². The quantitative estimate of drug-likeness (QED) is 0.260.